The molecule has 2 aliphatic carbocycles. The van der Waals surface area contributed by atoms with E-state index in [0.29, 0.717) is 17.4 Å². The van der Waals surface area contributed by atoms with Crippen LogP contribution in [-0.2, 0) is 4.74 Å². The van der Waals surface area contributed by atoms with Crippen molar-refractivity contribution in [2.24, 2.45) is 11.8 Å². The van der Waals surface area contributed by atoms with Crippen LogP contribution in [0.15, 0.2) is 48.7 Å². The number of hydrogen-bond donors (Lipinski definition) is 1. The van der Waals surface area contributed by atoms with Gasteiger partial charge in [-0.3, -0.25) is 0 Å². The highest BCUT2D eigenvalue weighted by Crippen LogP contribution is 2.39. The molecular formula is C36H50ClN3O4. The second-order valence-electron chi connectivity index (χ2n) is 11.2. The summed E-state index contributed by atoms with van der Waals surface area (Å²) < 4.78 is 17.1. The Kier molecular flexibility index (Phi) is 15.3. The molecule has 0 amide bonds. The van der Waals surface area contributed by atoms with Crippen molar-refractivity contribution in [2.75, 3.05) is 25.6 Å². The van der Waals surface area contributed by atoms with Crippen molar-refractivity contribution in [3.05, 3.63) is 59.5 Å². The van der Waals surface area contributed by atoms with Crippen LogP contribution in [0.4, 0.5) is 11.5 Å². The van der Waals surface area contributed by atoms with Crippen LogP contribution >= 0.6 is 11.6 Å². The van der Waals surface area contributed by atoms with Gasteiger partial charge in [0.15, 0.2) is 0 Å². The molecule has 1 aromatic heterocycles. The summed E-state index contributed by atoms with van der Waals surface area (Å²) in [7, 11) is 1.60. The van der Waals surface area contributed by atoms with Gasteiger partial charge in [0.25, 0.3) is 0 Å². The number of nitrogens with zero attached hydrogens (tertiary/aromatic N) is 2. The smallest absolute Gasteiger partial charge is 0.343 e. The number of nitrogens with one attached hydrogen (secondary N) is 1. The maximum atomic E-state index is 12.4. The van der Waals surface area contributed by atoms with E-state index in [1.807, 2.05) is 56.3 Å². The van der Waals surface area contributed by atoms with E-state index >= 15 is 0 Å². The maximum Gasteiger partial charge on any atom is 0.343 e. The number of carbonyl (C=O) groups excluding carboxylic acids is 1. The fraction of sp³-hybridized carbons (Fsp3) is 0.528. The van der Waals surface area contributed by atoms with E-state index in [9.17, 15) is 4.79 Å². The second-order valence-corrected chi connectivity index (χ2v) is 11.6. The van der Waals surface area contributed by atoms with Crippen LogP contribution in [0.5, 0.6) is 11.5 Å². The van der Waals surface area contributed by atoms with Crippen LogP contribution in [0, 0.1) is 11.8 Å². The fourth-order valence-electron chi connectivity index (χ4n) is 5.65. The second kappa shape index (κ2) is 19.1. The summed E-state index contributed by atoms with van der Waals surface area (Å²) in [6, 6.07) is 13.7. The van der Waals surface area contributed by atoms with Crippen molar-refractivity contribution in [3.8, 4) is 22.6 Å². The van der Waals surface area contributed by atoms with E-state index in [1.165, 1.54) is 70.4 Å². The number of para-hydroxylation sites is 1. The number of methoxy groups -OCH3 is 1. The number of hydrogen-bond acceptors (Lipinski definition) is 7. The predicted octanol–water partition coefficient (Wildman–Crippen LogP) is 10.3. The largest absolute Gasteiger partial charge is 0.494 e. The Balaban J connectivity index is 0.000000510. The predicted molar refractivity (Wildman–Crippen MR) is 180 cm³/mol. The number of carbonyl (C=O) groups is 1. The van der Waals surface area contributed by atoms with Gasteiger partial charge < -0.3 is 19.5 Å². The lowest BCUT2D eigenvalue weighted by molar-refractivity contribution is 0.0526. The third-order valence-corrected chi connectivity index (χ3v) is 8.16. The van der Waals surface area contributed by atoms with Gasteiger partial charge in [0, 0.05) is 11.8 Å². The highest BCUT2D eigenvalue weighted by Gasteiger charge is 2.19. The molecule has 2 aromatic carbocycles. The molecule has 0 aliphatic heterocycles. The molecular weight excluding hydrogens is 574 g/mol. The van der Waals surface area contributed by atoms with Crippen molar-refractivity contribution >= 4 is 29.1 Å². The van der Waals surface area contributed by atoms with Crippen LogP contribution < -0.4 is 14.8 Å². The van der Waals surface area contributed by atoms with Crippen molar-refractivity contribution in [2.45, 2.75) is 91.9 Å². The first-order valence-electron chi connectivity index (χ1n) is 16.3. The molecule has 5 rings (SSSR count). The first-order chi connectivity index (χ1) is 21.5. The third kappa shape index (κ3) is 10.7. The number of anilines is 2. The number of aromatic nitrogens is 2. The van der Waals surface area contributed by atoms with Crippen LogP contribution in [0.2, 0.25) is 5.28 Å². The molecule has 0 bridgehead atoms. The molecule has 1 heterocycles. The minimum atomic E-state index is -0.537. The number of ether oxygens (including phenoxy) is 3. The summed E-state index contributed by atoms with van der Waals surface area (Å²) in [5, 5.41) is 3.18. The molecule has 0 radical (unpaired) electrons. The van der Waals surface area contributed by atoms with Gasteiger partial charge in [-0.15, -0.1) is 0 Å². The summed E-state index contributed by atoms with van der Waals surface area (Å²) in [4.78, 5) is 20.5. The summed E-state index contributed by atoms with van der Waals surface area (Å²) in [6.45, 7) is 9.08. The Bertz CT molecular complexity index is 1290. The molecule has 2 fully saturated rings. The zero-order chi connectivity index (χ0) is 31.7. The van der Waals surface area contributed by atoms with Gasteiger partial charge in [-0.1, -0.05) is 96.4 Å². The van der Waals surface area contributed by atoms with Gasteiger partial charge in [0.1, 0.15) is 22.9 Å². The molecule has 0 unspecified atom stereocenters. The van der Waals surface area contributed by atoms with Gasteiger partial charge >= 0.3 is 5.97 Å². The lowest BCUT2D eigenvalue weighted by atomic mass is 9.90. The zero-order valence-electron chi connectivity index (χ0n) is 27.2. The zero-order valence-corrected chi connectivity index (χ0v) is 27.9. The first-order valence-corrected chi connectivity index (χ1v) is 16.7. The van der Waals surface area contributed by atoms with Crippen LogP contribution in [0.1, 0.15) is 102 Å². The van der Waals surface area contributed by atoms with E-state index in [-0.39, 0.29) is 23.3 Å². The van der Waals surface area contributed by atoms with E-state index < -0.39 is 5.97 Å². The van der Waals surface area contributed by atoms with E-state index in [0.717, 1.165) is 29.4 Å². The molecule has 2 saturated carbocycles. The van der Waals surface area contributed by atoms with Crippen LogP contribution in [0.25, 0.3) is 11.1 Å². The minimum absolute atomic E-state index is 0.0125. The normalized spacial score (nSPS) is 15.1. The van der Waals surface area contributed by atoms with Gasteiger partial charge in [-0.25, -0.2) is 9.78 Å². The molecule has 3 aromatic rings. The number of halogens is 1. The average Bonchev–Trinajstić information content (AvgIpc) is 3.06. The number of esters is 1. The van der Waals surface area contributed by atoms with Crippen LogP contribution in [-0.4, -0.2) is 36.3 Å². The van der Waals surface area contributed by atoms with Crippen molar-refractivity contribution in [1.29, 1.82) is 0 Å². The molecule has 0 atom stereocenters. The monoisotopic (exact) mass is 623 g/mol. The minimum Gasteiger partial charge on any atom is -0.494 e. The van der Waals surface area contributed by atoms with Gasteiger partial charge in [-0.2, -0.15) is 4.98 Å². The molecule has 2 aliphatic rings. The van der Waals surface area contributed by atoms with Gasteiger partial charge in [0.2, 0.25) is 5.28 Å². The van der Waals surface area contributed by atoms with E-state index in [1.54, 1.807) is 14.0 Å². The summed E-state index contributed by atoms with van der Waals surface area (Å²) >= 11 is 6.01. The molecule has 44 heavy (non-hydrogen) atoms. The highest BCUT2D eigenvalue weighted by atomic mass is 35.5. The molecule has 1 N–H and O–H groups in total. The third-order valence-electron chi connectivity index (χ3n) is 7.98. The Hall–Kier alpha value is -3.32. The van der Waals surface area contributed by atoms with Crippen LogP contribution in [0.3, 0.4) is 0 Å². The average molecular weight is 624 g/mol. The molecule has 240 valence electrons. The van der Waals surface area contributed by atoms with E-state index in [2.05, 4.69) is 22.2 Å². The Labute approximate surface area is 269 Å². The SMILES string of the molecule is CC.CC1CCCCC1.CCOC(=O)c1cnc(Cl)nc1Nc1cccc(-c2cccc(OCC3CCCCC3)c2)c1OC. The van der Waals surface area contributed by atoms with Crippen molar-refractivity contribution in [3.63, 3.8) is 0 Å². The quantitative estimate of drug-likeness (QED) is 0.187. The number of benzene rings is 2. The molecule has 8 heteroatoms. The number of rotatable bonds is 9. The lowest BCUT2D eigenvalue weighted by Crippen LogP contribution is -2.15. The van der Waals surface area contributed by atoms with E-state index in [4.69, 9.17) is 25.8 Å². The standard InChI is InChI=1S/C27H30ClN3O4.C7H14.C2H6/c1-3-34-26(32)22-16-29-27(28)31-25(22)30-23-14-8-13-21(24(23)33-2)19-11-7-12-20(15-19)35-17-18-9-5-4-6-10-18;1-7-5-3-2-4-6-7;1-2/h7-8,11-16,18H,3-6,9-10,17H2,1-2H3,(H,29,30,31);7H,2-6H2,1H3;1-2H3. The Morgan fingerprint density at radius 2 is 1.66 bits per heavy atom. The lowest BCUT2D eigenvalue weighted by Gasteiger charge is -2.22. The maximum absolute atomic E-state index is 12.4. The van der Waals surface area contributed by atoms with Crippen molar-refractivity contribution < 1.29 is 19.0 Å². The summed E-state index contributed by atoms with van der Waals surface area (Å²) in [5.74, 6) is 2.80. The van der Waals surface area contributed by atoms with Gasteiger partial charge in [0.05, 0.1) is 26.0 Å². The summed E-state index contributed by atoms with van der Waals surface area (Å²) in [5.41, 5.74) is 2.64. The van der Waals surface area contributed by atoms with Crippen molar-refractivity contribution in [1.82, 2.24) is 9.97 Å². The highest BCUT2D eigenvalue weighted by molar-refractivity contribution is 6.28. The topological polar surface area (TPSA) is 82.6 Å². The Morgan fingerprint density at radius 3 is 2.30 bits per heavy atom. The fourth-order valence-corrected chi connectivity index (χ4v) is 5.79. The molecule has 0 saturated heterocycles. The van der Waals surface area contributed by atoms with Gasteiger partial charge in [-0.05, 0) is 67.0 Å². The first kappa shape index (κ1) is 35.2. The molecule has 7 nitrogen and oxygen atoms in total. The Morgan fingerprint density at radius 1 is 0.977 bits per heavy atom. The summed E-state index contributed by atoms with van der Waals surface area (Å²) in [6.07, 6.45) is 15.2. The molecule has 0 spiro atoms.